The molecule has 0 spiro atoms. The number of hydrogen-bond acceptors (Lipinski definition) is 3. The summed E-state index contributed by atoms with van der Waals surface area (Å²) in [6.45, 7) is 2.07. The Kier molecular flexibility index (Phi) is 6.64. The lowest BCUT2D eigenvalue weighted by molar-refractivity contribution is -0.124. The van der Waals surface area contributed by atoms with Gasteiger partial charge in [0.25, 0.3) is 5.91 Å². The van der Waals surface area contributed by atoms with Crippen molar-refractivity contribution in [3.8, 4) is 0 Å². The zero-order valence-corrected chi connectivity index (χ0v) is 14.6. The monoisotopic (exact) mass is 365 g/mol. The van der Waals surface area contributed by atoms with Crippen LogP contribution >= 0.6 is 23.2 Å². The summed E-state index contributed by atoms with van der Waals surface area (Å²) in [6.07, 6.45) is 0. The highest BCUT2D eigenvalue weighted by Crippen LogP contribution is 2.24. The molecule has 24 heavy (non-hydrogen) atoms. The Balaban J connectivity index is 1.82. The van der Waals surface area contributed by atoms with Crippen LogP contribution in [0, 0.1) is 0 Å². The Bertz CT molecular complexity index is 699. The highest BCUT2D eigenvalue weighted by atomic mass is 35.5. The van der Waals surface area contributed by atoms with Crippen LogP contribution in [0.4, 0.5) is 0 Å². The van der Waals surface area contributed by atoms with E-state index >= 15 is 0 Å². The Morgan fingerprint density at radius 2 is 1.67 bits per heavy atom. The number of rotatable bonds is 6. The van der Waals surface area contributed by atoms with Crippen molar-refractivity contribution in [3.63, 3.8) is 0 Å². The molecule has 0 aromatic heterocycles. The van der Waals surface area contributed by atoms with Gasteiger partial charge in [0.1, 0.15) is 0 Å². The van der Waals surface area contributed by atoms with Crippen LogP contribution in [0.15, 0.2) is 48.5 Å². The van der Waals surface area contributed by atoms with Crippen molar-refractivity contribution in [2.45, 2.75) is 12.8 Å². The molecule has 2 aromatic rings. The van der Waals surface area contributed by atoms with Crippen LogP contribution in [-0.2, 0) is 9.53 Å². The van der Waals surface area contributed by atoms with Crippen molar-refractivity contribution < 1.29 is 14.3 Å². The van der Waals surface area contributed by atoms with Gasteiger partial charge in [0.2, 0.25) is 0 Å². The van der Waals surface area contributed by atoms with Gasteiger partial charge in [-0.2, -0.15) is 0 Å². The van der Waals surface area contributed by atoms with Gasteiger partial charge in [0, 0.05) is 6.54 Å². The summed E-state index contributed by atoms with van der Waals surface area (Å²) in [6, 6.07) is 14.5. The quantitative estimate of drug-likeness (QED) is 0.784. The first kappa shape index (κ1) is 18.3. The third kappa shape index (κ3) is 4.98. The van der Waals surface area contributed by atoms with E-state index in [0.717, 1.165) is 5.56 Å². The molecule has 0 aliphatic rings. The van der Waals surface area contributed by atoms with E-state index in [-0.39, 0.29) is 34.0 Å². The number of halogens is 2. The number of carbonyl (C=O) groups is 2. The van der Waals surface area contributed by atoms with Crippen LogP contribution in [0.5, 0.6) is 0 Å². The van der Waals surface area contributed by atoms with Crippen molar-refractivity contribution in [2.75, 3.05) is 13.2 Å². The maximum atomic E-state index is 12.0. The molecule has 126 valence electrons. The maximum absolute atomic E-state index is 12.0. The summed E-state index contributed by atoms with van der Waals surface area (Å²) in [4.78, 5) is 23.8. The van der Waals surface area contributed by atoms with Gasteiger partial charge >= 0.3 is 5.97 Å². The van der Waals surface area contributed by atoms with Crippen LogP contribution in [0.1, 0.15) is 28.8 Å². The molecule has 2 rings (SSSR count). The molecule has 1 N–H and O–H groups in total. The molecule has 0 aliphatic carbocycles. The second kappa shape index (κ2) is 8.71. The Hall–Kier alpha value is -2.04. The van der Waals surface area contributed by atoms with E-state index in [1.54, 1.807) is 6.07 Å². The fourth-order valence-electron chi connectivity index (χ4n) is 2.11. The first-order chi connectivity index (χ1) is 11.5. The van der Waals surface area contributed by atoms with E-state index in [1.165, 1.54) is 12.1 Å². The van der Waals surface area contributed by atoms with E-state index in [0.29, 0.717) is 6.54 Å². The molecule has 2 aromatic carbocycles. The van der Waals surface area contributed by atoms with Crippen LogP contribution in [0.3, 0.4) is 0 Å². The van der Waals surface area contributed by atoms with E-state index < -0.39 is 5.97 Å². The molecule has 1 amide bonds. The van der Waals surface area contributed by atoms with Crippen molar-refractivity contribution in [1.82, 2.24) is 5.32 Å². The van der Waals surface area contributed by atoms with Crippen LogP contribution in [0.25, 0.3) is 0 Å². The summed E-state index contributed by atoms with van der Waals surface area (Å²) in [5.41, 5.74) is 1.18. The molecular formula is C18H17Cl2NO3. The molecular weight excluding hydrogens is 349 g/mol. The molecule has 1 atom stereocenters. The minimum Gasteiger partial charge on any atom is -0.452 e. The highest BCUT2D eigenvalue weighted by Gasteiger charge is 2.17. The van der Waals surface area contributed by atoms with E-state index in [9.17, 15) is 9.59 Å². The maximum Gasteiger partial charge on any atom is 0.341 e. The fourth-order valence-corrected chi connectivity index (χ4v) is 2.67. The first-order valence-corrected chi connectivity index (χ1v) is 8.17. The normalized spacial score (nSPS) is 11.6. The molecule has 0 saturated heterocycles. The number of hydrogen-bond donors (Lipinski definition) is 1. The second-order valence-electron chi connectivity index (χ2n) is 5.29. The minimum atomic E-state index is -0.725. The molecule has 4 nitrogen and oxygen atoms in total. The topological polar surface area (TPSA) is 55.4 Å². The Morgan fingerprint density at radius 3 is 2.29 bits per heavy atom. The summed E-state index contributed by atoms with van der Waals surface area (Å²) in [7, 11) is 0. The zero-order chi connectivity index (χ0) is 17.5. The number of ether oxygens (including phenoxy) is 1. The molecule has 0 radical (unpaired) electrons. The van der Waals surface area contributed by atoms with Crippen LogP contribution in [0.2, 0.25) is 10.0 Å². The molecule has 0 aliphatic heterocycles. The average Bonchev–Trinajstić information content (AvgIpc) is 2.58. The zero-order valence-electron chi connectivity index (χ0n) is 13.1. The van der Waals surface area contributed by atoms with Crippen molar-refractivity contribution in [1.29, 1.82) is 0 Å². The van der Waals surface area contributed by atoms with Crippen LogP contribution < -0.4 is 5.32 Å². The van der Waals surface area contributed by atoms with Crippen LogP contribution in [-0.4, -0.2) is 25.0 Å². The Labute approximate surface area is 150 Å². The summed E-state index contributed by atoms with van der Waals surface area (Å²) >= 11 is 11.8. The smallest absolute Gasteiger partial charge is 0.341 e. The van der Waals surface area contributed by atoms with Gasteiger partial charge in [-0.3, -0.25) is 4.79 Å². The average molecular weight is 366 g/mol. The first-order valence-electron chi connectivity index (χ1n) is 7.42. The highest BCUT2D eigenvalue weighted by molar-refractivity contribution is 6.39. The number of esters is 1. The van der Waals surface area contributed by atoms with E-state index in [4.69, 9.17) is 27.9 Å². The fraction of sp³-hybridized carbons (Fsp3) is 0.222. The third-order valence-electron chi connectivity index (χ3n) is 3.48. The molecule has 0 saturated carbocycles. The van der Waals surface area contributed by atoms with Gasteiger partial charge in [-0.05, 0) is 23.6 Å². The van der Waals surface area contributed by atoms with Crippen molar-refractivity contribution in [3.05, 3.63) is 69.7 Å². The second-order valence-corrected chi connectivity index (χ2v) is 6.10. The van der Waals surface area contributed by atoms with Gasteiger partial charge in [0.15, 0.2) is 6.61 Å². The summed E-state index contributed by atoms with van der Waals surface area (Å²) in [5, 5.41) is 3.11. The third-order valence-corrected chi connectivity index (χ3v) is 4.11. The SMILES string of the molecule is C[C@@H](CNC(=O)COC(=O)c1c(Cl)cccc1Cl)c1ccccc1. The van der Waals surface area contributed by atoms with Gasteiger partial charge < -0.3 is 10.1 Å². The van der Waals surface area contributed by atoms with Crippen molar-refractivity contribution >= 4 is 35.1 Å². The minimum absolute atomic E-state index is 0.0614. The van der Waals surface area contributed by atoms with Gasteiger partial charge in [-0.25, -0.2) is 4.79 Å². The van der Waals surface area contributed by atoms with Gasteiger partial charge in [0.05, 0.1) is 15.6 Å². The van der Waals surface area contributed by atoms with Crippen molar-refractivity contribution in [2.24, 2.45) is 0 Å². The van der Waals surface area contributed by atoms with Gasteiger partial charge in [-0.1, -0.05) is 66.5 Å². The number of amides is 1. The lowest BCUT2D eigenvalue weighted by Crippen LogP contribution is -2.31. The number of nitrogens with one attached hydrogen (secondary N) is 1. The molecule has 0 fully saturated rings. The number of benzene rings is 2. The number of carbonyl (C=O) groups excluding carboxylic acids is 2. The largest absolute Gasteiger partial charge is 0.452 e. The predicted molar refractivity (Wildman–Crippen MR) is 94.6 cm³/mol. The van der Waals surface area contributed by atoms with E-state index in [1.807, 2.05) is 37.3 Å². The van der Waals surface area contributed by atoms with Gasteiger partial charge in [-0.15, -0.1) is 0 Å². The Morgan fingerprint density at radius 1 is 1.04 bits per heavy atom. The molecule has 0 unspecified atom stereocenters. The standard InChI is InChI=1S/C18H17Cl2NO3/c1-12(13-6-3-2-4-7-13)10-21-16(22)11-24-18(23)17-14(19)8-5-9-15(17)20/h2-9,12H,10-11H2,1H3,(H,21,22)/t12-/m0/s1. The lowest BCUT2D eigenvalue weighted by atomic mass is 10.0. The summed E-state index contributed by atoms with van der Waals surface area (Å²) < 4.78 is 4.97. The van der Waals surface area contributed by atoms with E-state index in [2.05, 4.69) is 5.32 Å². The summed E-state index contributed by atoms with van der Waals surface area (Å²) in [5.74, 6) is -0.949. The predicted octanol–water partition coefficient (Wildman–Crippen LogP) is 4.07. The lowest BCUT2D eigenvalue weighted by Gasteiger charge is -2.13. The molecule has 0 bridgehead atoms. The molecule has 6 heteroatoms. The molecule has 0 heterocycles.